The first-order valence-electron chi connectivity index (χ1n) is 8.78. The second kappa shape index (κ2) is 9.26. The van der Waals surface area contributed by atoms with Crippen molar-refractivity contribution in [2.24, 2.45) is 0 Å². The minimum atomic E-state index is -0.0227. The van der Waals surface area contributed by atoms with E-state index in [9.17, 15) is 4.79 Å². The molecule has 0 unspecified atom stereocenters. The molecule has 148 valence electrons. The van der Waals surface area contributed by atoms with E-state index in [1.54, 1.807) is 22.9 Å². The van der Waals surface area contributed by atoms with Gasteiger partial charge >= 0.3 is 0 Å². The molecular weight excluding hydrogens is 444 g/mol. The zero-order chi connectivity index (χ0) is 20.2. The van der Waals surface area contributed by atoms with E-state index in [4.69, 9.17) is 21.0 Å². The molecule has 2 aromatic heterocycles. The van der Waals surface area contributed by atoms with Crippen LogP contribution in [-0.2, 0) is 11.3 Å². The first kappa shape index (κ1) is 20.3. The number of carbonyl (C=O) groups excluding carboxylic acids is 1. The van der Waals surface area contributed by atoms with Crippen molar-refractivity contribution in [3.05, 3.63) is 71.6 Å². The topological polar surface area (TPSA) is 46.3 Å². The van der Waals surface area contributed by atoms with E-state index in [1.165, 1.54) is 28.0 Å². The SMILES string of the molecule is CSc1ccc2nc(N(Cc3ccco3)C(=O)CSc3ccc(Cl)cc3)sc2c1. The van der Waals surface area contributed by atoms with Crippen LogP contribution in [0.15, 0.2) is 75.1 Å². The molecule has 0 aliphatic heterocycles. The van der Waals surface area contributed by atoms with E-state index < -0.39 is 0 Å². The number of nitrogens with zero attached hydrogens (tertiary/aromatic N) is 2. The third-order valence-corrected chi connectivity index (χ3v) is 7.20. The average Bonchev–Trinajstić information content (AvgIpc) is 3.40. The predicted molar refractivity (Wildman–Crippen MR) is 123 cm³/mol. The van der Waals surface area contributed by atoms with Gasteiger partial charge in [-0.1, -0.05) is 22.9 Å². The van der Waals surface area contributed by atoms with Crippen molar-refractivity contribution in [3.8, 4) is 0 Å². The number of thioether (sulfide) groups is 2. The largest absolute Gasteiger partial charge is 0.467 e. The molecule has 0 aliphatic carbocycles. The molecule has 2 aromatic carbocycles. The maximum Gasteiger partial charge on any atom is 0.239 e. The van der Waals surface area contributed by atoms with Gasteiger partial charge in [0.1, 0.15) is 5.76 Å². The van der Waals surface area contributed by atoms with E-state index in [0.717, 1.165) is 20.9 Å². The fourth-order valence-corrected chi connectivity index (χ4v) is 5.15. The van der Waals surface area contributed by atoms with Gasteiger partial charge in [-0.15, -0.1) is 23.5 Å². The van der Waals surface area contributed by atoms with Crippen LogP contribution in [-0.4, -0.2) is 22.9 Å². The number of anilines is 1. The zero-order valence-electron chi connectivity index (χ0n) is 15.5. The summed E-state index contributed by atoms with van der Waals surface area (Å²) in [4.78, 5) is 21.7. The van der Waals surface area contributed by atoms with Crippen molar-refractivity contribution in [3.63, 3.8) is 0 Å². The number of halogens is 1. The molecule has 1 amide bonds. The third-order valence-electron chi connectivity index (χ3n) is 4.19. The summed E-state index contributed by atoms with van der Waals surface area (Å²) in [6.45, 7) is 0.349. The molecule has 0 N–H and O–H groups in total. The Bertz CT molecular complexity index is 1110. The molecule has 0 bridgehead atoms. The standard InChI is InChI=1S/C21H17ClN2O2S3/c1-27-17-8-9-18-19(11-17)29-21(23-18)24(12-15-3-2-10-26-15)20(25)13-28-16-6-4-14(22)5-7-16/h2-11H,12-13H2,1H3. The molecule has 0 saturated carbocycles. The Kier molecular flexibility index (Phi) is 6.50. The monoisotopic (exact) mass is 460 g/mol. The summed E-state index contributed by atoms with van der Waals surface area (Å²) in [5.74, 6) is 0.998. The average molecular weight is 461 g/mol. The van der Waals surface area contributed by atoms with Crippen LogP contribution in [0.2, 0.25) is 5.02 Å². The van der Waals surface area contributed by atoms with Gasteiger partial charge in [-0.3, -0.25) is 9.69 Å². The Balaban J connectivity index is 1.58. The van der Waals surface area contributed by atoms with Crippen molar-refractivity contribution >= 4 is 67.7 Å². The Labute approximate surface area is 186 Å². The fraction of sp³-hybridized carbons (Fsp3) is 0.143. The lowest BCUT2D eigenvalue weighted by atomic mass is 10.3. The normalized spacial score (nSPS) is 11.1. The summed E-state index contributed by atoms with van der Waals surface area (Å²) in [6, 6.07) is 17.3. The van der Waals surface area contributed by atoms with Gasteiger partial charge in [-0.25, -0.2) is 4.98 Å². The number of carbonyl (C=O) groups is 1. The Morgan fingerprint density at radius 1 is 1.17 bits per heavy atom. The smallest absolute Gasteiger partial charge is 0.239 e. The molecule has 29 heavy (non-hydrogen) atoms. The molecule has 0 spiro atoms. The molecule has 0 fully saturated rings. The molecule has 2 heterocycles. The van der Waals surface area contributed by atoms with Crippen molar-refractivity contribution in [2.75, 3.05) is 16.9 Å². The molecule has 4 rings (SSSR count). The van der Waals surface area contributed by atoms with E-state index in [2.05, 4.69) is 6.07 Å². The number of fused-ring (bicyclic) bond motifs is 1. The minimum Gasteiger partial charge on any atom is -0.467 e. The molecule has 0 radical (unpaired) electrons. The van der Waals surface area contributed by atoms with Crippen molar-refractivity contribution in [2.45, 2.75) is 16.3 Å². The molecule has 0 atom stereocenters. The number of hydrogen-bond acceptors (Lipinski definition) is 6. The van der Waals surface area contributed by atoms with Gasteiger partial charge in [0.2, 0.25) is 5.91 Å². The molecule has 8 heteroatoms. The Morgan fingerprint density at radius 2 is 1.97 bits per heavy atom. The molecular formula is C21H17ClN2O2S3. The highest BCUT2D eigenvalue weighted by Crippen LogP contribution is 2.33. The third kappa shape index (κ3) is 4.98. The Hall–Kier alpha value is -1.93. The minimum absolute atomic E-state index is 0.0227. The summed E-state index contributed by atoms with van der Waals surface area (Å²) in [5, 5.41) is 1.36. The first-order chi connectivity index (χ1) is 14.1. The van der Waals surface area contributed by atoms with Crippen LogP contribution in [0.5, 0.6) is 0 Å². The number of rotatable bonds is 7. The number of furan rings is 1. The van der Waals surface area contributed by atoms with Crippen LogP contribution in [0.4, 0.5) is 5.13 Å². The van der Waals surface area contributed by atoms with Gasteiger partial charge < -0.3 is 4.42 Å². The van der Waals surface area contributed by atoms with E-state index in [0.29, 0.717) is 22.5 Å². The highest BCUT2D eigenvalue weighted by atomic mass is 35.5. The van der Waals surface area contributed by atoms with E-state index in [1.807, 2.05) is 54.8 Å². The van der Waals surface area contributed by atoms with Crippen LogP contribution in [0.1, 0.15) is 5.76 Å². The fourth-order valence-electron chi connectivity index (χ4n) is 2.71. The second-order valence-corrected chi connectivity index (χ2v) is 9.51. The number of aromatic nitrogens is 1. The maximum atomic E-state index is 13.1. The summed E-state index contributed by atoms with van der Waals surface area (Å²) >= 11 is 10.6. The van der Waals surface area contributed by atoms with Gasteiger partial charge in [0.05, 0.1) is 28.8 Å². The van der Waals surface area contributed by atoms with Crippen LogP contribution < -0.4 is 4.90 Å². The number of hydrogen-bond donors (Lipinski definition) is 0. The predicted octanol–water partition coefficient (Wildman–Crippen LogP) is 6.59. The maximum absolute atomic E-state index is 13.1. The van der Waals surface area contributed by atoms with Crippen LogP contribution in [0, 0.1) is 0 Å². The van der Waals surface area contributed by atoms with E-state index >= 15 is 0 Å². The molecule has 0 aliphatic rings. The van der Waals surface area contributed by atoms with Gasteiger partial charge in [-0.2, -0.15) is 0 Å². The van der Waals surface area contributed by atoms with Crippen molar-refractivity contribution in [1.82, 2.24) is 4.98 Å². The summed E-state index contributed by atoms with van der Waals surface area (Å²) < 4.78 is 6.54. The lowest BCUT2D eigenvalue weighted by Crippen LogP contribution is -2.31. The van der Waals surface area contributed by atoms with Crippen molar-refractivity contribution < 1.29 is 9.21 Å². The second-order valence-electron chi connectivity index (χ2n) is 6.13. The van der Waals surface area contributed by atoms with Gasteiger partial charge in [0.25, 0.3) is 0 Å². The lowest BCUT2D eigenvalue weighted by Gasteiger charge is -2.18. The molecule has 4 nitrogen and oxygen atoms in total. The first-order valence-corrected chi connectivity index (χ1v) is 12.2. The zero-order valence-corrected chi connectivity index (χ0v) is 18.7. The summed E-state index contributed by atoms with van der Waals surface area (Å²) in [7, 11) is 0. The van der Waals surface area contributed by atoms with Gasteiger partial charge in [-0.05, 0) is 60.9 Å². The summed E-state index contributed by atoms with van der Waals surface area (Å²) in [6.07, 6.45) is 3.66. The van der Waals surface area contributed by atoms with Crippen LogP contribution >= 0.6 is 46.5 Å². The summed E-state index contributed by atoms with van der Waals surface area (Å²) in [5.41, 5.74) is 0.894. The molecule has 4 aromatic rings. The number of thiazole rings is 1. The van der Waals surface area contributed by atoms with Crippen LogP contribution in [0.3, 0.4) is 0 Å². The van der Waals surface area contributed by atoms with Gasteiger partial charge in [0.15, 0.2) is 5.13 Å². The number of benzene rings is 2. The quantitative estimate of drug-likeness (QED) is 0.291. The van der Waals surface area contributed by atoms with Crippen LogP contribution in [0.25, 0.3) is 10.2 Å². The van der Waals surface area contributed by atoms with Crippen molar-refractivity contribution in [1.29, 1.82) is 0 Å². The number of amides is 1. The van der Waals surface area contributed by atoms with E-state index in [-0.39, 0.29) is 5.91 Å². The highest BCUT2D eigenvalue weighted by Gasteiger charge is 2.21. The Morgan fingerprint density at radius 3 is 2.69 bits per heavy atom. The molecule has 0 saturated heterocycles. The van der Waals surface area contributed by atoms with Gasteiger partial charge in [0, 0.05) is 14.8 Å². The lowest BCUT2D eigenvalue weighted by molar-refractivity contribution is -0.116. The highest BCUT2D eigenvalue weighted by molar-refractivity contribution is 8.00.